The number of carbonyl (C=O) groups is 1. The van der Waals surface area contributed by atoms with E-state index in [1.54, 1.807) is 31.2 Å². The Bertz CT molecular complexity index is 617. The van der Waals surface area contributed by atoms with Crippen LogP contribution in [0, 0.1) is 0 Å². The first-order chi connectivity index (χ1) is 9.19. The van der Waals surface area contributed by atoms with Crippen LogP contribution in [0.1, 0.15) is 6.92 Å². The standard InChI is InChI=1S/C13H13N3O3/c1-2-19-13(18)14-10-5-3-4-9(8-10)11-6-7-12(17)16-15-11/h3-8H,2H2,1H3,(H,14,18)(H,16,17). The number of rotatable bonds is 3. The molecule has 0 bridgehead atoms. The third kappa shape index (κ3) is 3.41. The van der Waals surface area contributed by atoms with E-state index in [0.29, 0.717) is 18.0 Å². The van der Waals surface area contributed by atoms with Gasteiger partial charge in [-0.2, -0.15) is 5.10 Å². The molecule has 98 valence electrons. The predicted molar refractivity (Wildman–Crippen MR) is 70.9 cm³/mol. The molecule has 1 heterocycles. The molecule has 0 fully saturated rings. The molecule has 0 aliphatic rings. The van der Waals surface area contributed by atoms with Gasteiger partial charge in [-0.3, -0.25) is 10.1 Å². The average molecular weight is 259 g/mol. The highest BCUT2D eigenvalue weighted by molar-refractivity contribution is 5.85. The van der Waals surface area contributed by atoms with E-state index in [1.807, 2.05) is 6.07 Å². The first kappa shape index (κ1) is 12.8. The van der Waals surface area contributed by atoms with E-state index in [0.717, 1.165) is 5.56 Å². The number of carbonyl (C=O) groups excluding carboxylic acids is 1. The van der Waals surface area contributed by atoms with Crippen molar-refractivity contribution in [3.05, 3.63) is 46.8 Å². The molecule has 6 heteroatoms. The van der Waals surface area contributed by atoms with Crippen LogP contribution in [-0.4, -0.2) is 22.9 Å². The Labute approximate surface area is 109 Å². The van der Waals surface area contributed by atoms with Crippen molar-refractivity contribution < 1.29 is 9.53 Å². The lowest BCUT2D eigenvalue weighted by Gasteiger charge is -2.06. The number of aromatic nitrogens is 2. The lowest BCUT2D eigenvalue weighted by Crippen LogP contribution is -2.13. The van der Waals surface area contributed by atoms with Crippen molar-refractivity contribution >= 4 is 11.8 Å². The molecule has 0 saturated heterocycles. The molecule has 19 heavy (non-hydrogen) atoms. The SMILES string of the molecule is CCOC(=O)Nc1cccc(-c2ccc(=O)[nH]n2)c1. The molecular formula is C13H13N3O3. The number of benzene rings is 1. The quantitative estimate of drug-likeness (QED) is 0.883. The molecule has 0 unspecified atom stereocenters. The second-order valence-corrected chi connectivity index (χ2v) is 3.73. The Morgan fingerprint density at radius 2 is 2.21 bits per heavy atom. The number of H-pyrrole nitrogens is 1. The van der Waals surface area contributed by atoms with Crippen molar-refractivity contribution in [2.45, 2.75) is 6.92 Å². The van der Waals surface area contributed by atoms with Gasteiger partial charge in [-0.15, -0.1) is 0 Å². The molecule has 2 N–H and O–H groups in total. The smallest absolute Gasteiger partial charge is 0.411 e. The van der Waals surface area contributed by atoms with Crippen LogP contribution >= 0.6 is 0 Å². The molecule has 0 saturated carbocycles. The molecule has 2 rings (SSSR count). The second-order valence-electron chi connectivity index (χ2n) is 3.73. The van der Waals surface area contributed by atoms with Crippen molar-refractivity contribution in [3.63, 3.8) is 0 Å². The number of nitrogens with one attached hydrogen (secondary N) is 2. The van der Waals surface area contributed by atoms with E-state index in [1.165, 1.54) is 6.07 Å². The Morgan fingerprint density at radius 3 is 2.89 bits per heavy atom. The summed E-state index contributed by atoms with van der Waals surface area (Å²) >= 11 is 0. The third-order valence-electron chi connectivity index (χ3n) is 2.36. The van der Waals surface area contributed by atoms with E-state index >= 15 is 0 Å². The predicted octanol–water partition coefficient (Wildman–Crippen LogP) is 2.01. The first-order valence-corrected chi connectivity index (χ1v) is 5.79. The van der Waals surface area contributed by atoms with Gasteiger partial charge >= 0.3 is 6.09 Å². The maximum atomic E-state index is 11.3. The van der Waals surface area contributed by atoms with E-state index < -0.39 is 6.09 Å². The van der Waals surface area contributed by atoms with Gasteiger partial charge in [0, 0.05) is 17.3 Å². The van der Waals surface area contributed by atoms with Crippen LogP contribution in [0.25, 0.3) is 11.3 Å². The van der Waals surface area contributed by atoms with Crippen LogP contribution in [-0.2, 0) is 4.74 Å². The topological polar surface area (TPSA) is 84.1 Å². The van der Waals surface area contributed by atoms with Gasteiger partial charge < -0.3 is 4.74 Å². The molecule has 0 radical (unpaired) electrons. The first-order valence-electron chi connectivity index (χ1n) is 5.79. The maximum absolute atomic E-state index is 11.3. The summed E-state index contributed by atoms with van der Waals surface area (Å²) in [6.07, 6.45) is -0.505. The lowest BCUT2D eigenvalue weighted by atomic mass is 10.1. The highest BCUT2D eigenvalue weighted by Crippen LogP contribution is 2.19. The summed E-state index contributed by atoms with van der Waals surface area (Å²) < 4.78 is 4.79. The summed E-state index contributed by atoms with van der Waals surface area (Å²) in [5.41, 5.74) is 1.74. The highest BCUT2D eigenvalue weighted by atomic mass is 16.5. The Morgan fingerprint density at radius 1 is 1.37 bits per heavy atom. The fraction of sp³-hybridized carbons (Fsp3) is 0.154. The van der Waals surface area contributed by atoms with Crippen LogP contribution in [0.3, 0.4) is 0 Å². The molecular weight excluding hydrogens is 246 g/mol. The molecule has 1 amide bonds. The largest absolute Gasteiger partial charge is 0.450 e. The van der Waals surface area contributed by atoms with Gasteiger partial charge in [0.05, 0.1) is 12.3 Å². The molecule has 0 atom stereocenters. The van der Waals surface area contributed by atoms with Crippen LogP contribution in [0.15, 0.2) is 41.2 Å². The fourth-order valence-corrected chi connectivity index (χ4v) is 1.55. The van der Waals surface area contributed by atoms with Gasteiger partial charge in [-0.05, 0) is 25.1 Å². The normalized spacial score (nSPS) is 9.95. The molecule has 6 nitrogen and oxygen atoms in total. The van der Waals surface area contributed by atoms with Crippen LogP contribution < -0.4 is 10.9 Å². The molecule has 0 spiro atoms. The lowest BCUT2D eigenvalue weighted by molar-refractivity contribution is 0.168. The van der Waals surface area contributed by atoms with Gasteiger partial charge in [-0.25, -0.2) is 9.89 Å². The van der Waals surface area contributed by atoms with E-state index in [4.69, 9.17) is 4.74 Å². The molecule has 2 aromatic rings. The highest BCUT2D eigenvalue weighted by Gasteiger charge is 2.04. The van der Waals surface area contributed by atoms with E-state index in [2.05, 4.69) is 15.5 Å². The van der Waals surface area contributed by atoms with Crippen LogP contribution in [0.2, 0.25) is 0 Å². The van der Waals surface area contributed by atoms with Crippen molar-refractivity contribution in [2.75, 3.05) is 11.9 Å². The van der Waals surface area contributed by atoms with Crippen molar-refractivity contribution in [2.24, 2.45) is 0 Å². The number of aromatic amines is 1. The zero-order chi connectivity index (χ0) is 13.7. The molecule has 0 aliphatic carbocycles. The number of hydrogen-bond acceptors (Lipinski definition) is 4. The third-order valence-corrected chi connectivity index (χ3v) is 2.36. The number of hydrogen-bond donors (Lipinski definition) is 2. The summed E-state index contributed by atoms with van der Waals surface area (Å²) in [6.45, 7) is 2.05. The minimum Gasteiger partial charge on any atom is -0.450 e. The fourth-order valence-electron chi connectivity index (χ4n) is 1.55. The van der Waals surface area contributed by atoms with E-state index in [9.17, 15) is 9.59 Å². The Balaban J connectivity index is 2.21. The summed E-state index contributed by atoms with van der Waals surface area (Å²) in [7, 11) is 0. The van der Waals surface area contributed by atoms with Gasteiger partial charge in [0.2, 0.25) is 0 Å². The van der Waals surface area contributed by atoms with Crippen LogP contribution in [0.4, 0.5) is 10.5 Å². The average Bonchev–Trinajstić information content (AvgIpc) is 2.40. The Kier molecular flexibility index (Phi) is 3.92. The summed E-state index contributed by atoms with van der Waals surface area (Å²) in [5.74, 6) is 0. The van der Waals surface area contributed by atoms with Gasteiger partial charge in [0.1, 0.15) is 0 Å². The molecule has 1 aromatic carbocycles. The van der Waals surface area contributed by atoms with Gasteiger partial charge in [-0.1, -0.05) is 12.1 Å². The van der Waals surface area contributed by atoms with Gasteiger partial charge in [0.25, 0.3) is 5.56 Å². The van der Waals surface area contributed by atoms with E-state index in [-0.39, 0.29) is 5.56 Å². The number of ether oxygens (including phenoxy) is 1. The number of anilines is 1. The maximum Gasteiger partial charge on any atom is 0.411 e. The van der Waals surface area contributed by atoms with Gasteiger partial charge in [0.15, 0.2) is 0 Å². The zero-order valence-electron chi connectivity index (χ0n) is 10.3. The molecule has 1 aromatic heterocycles. The summed E-state index contributed by atoms with van der Waals surface area (Å²) in [6, 6.07) is 10.1. The minimum absolute atomic E-state index is 0.260. The van der Waals surface area contributed by atoms with Crippen molar-refractivity contribution in [3.8, 4) is 11.3 Å². The number of amides is 1. The zero-order valence-corrected chi connectivity index (χ0v) is 10.3. The second kappa shape index (κ2) is 5.81. The van der Waals surface area contributed by atoms with Crippen LogP contribution in [0.5, 0.6) is 0 Å². The minimum atomic E-state index is -0.505. The van der Waals surface area contributed by atoms with Crippen molar-refractivity contribution in [1.29, 1.82) is 0 Å². The summed E-state index contributed by atoms with van der Waals surface area (Å²) in [4.78, 5) is 22.3. The molecule has 0 aliphatic heterocycles. The number of nitrogens with zero attached hydrogens (tertiary/aromatic N) is 1. The Hall–Kier alpha value is -2.63. The monoisotopic (exact) mass is 259 g/mol. The summed E-state index contributed by atoms with van der Waals surface area (Å²) in [5, 5.41) is 8.89. The van der Waals surface area contributed by atoms with Crippen molar-refractivity contribution in [1.82, 2.24) is 10.2 Å².